The highest BCUT2D eigenvalue weighted by molar-refractivity contribution is 5.86. The minimum absolute atomic E-state index is 0.0827. The lowest BCUT2D eigenvalue weighted by atomic mass is 9.87. The first-order chi connectivity index (χ1) is 17.5. The summed E-state index contributed by atoms with van der Waals surface area (Å²) in [6.07, 6.45) is 3.20. The Kier molecular flexibility index (Phi) is 7.84. The lowest BCUT2D eigenvalue weighted by molar-refractivity contribution is -0.130. The highest BCUT2D eigenvalue weighted by Gasteiger charge is 2.26. The molecule has 0 bridgehead atoms. The number of likely N-dealkylation sites (N-methyl/N-ethyl adjacent to an activating group) is 1. The number of nitrogens with zero attached hydrogens (tertiary/aromatic N) is 2. The first kappa shape index (κ1) is 25.2. The Morgan fingerprint density at radius 1 is 0.861 bits per heavy atom. The summed E-state index contributed by atoms with van der Waals surface area (Å²) in [6.45, 7) is 0.600. The van der Waals surface area contributed by atoms with E-state index in [2.05, 4.69) is 29.0 Å². The van der Waals surface area contributed by atoms with E-state index in [-0.39, 0.29) is 11.8 Å². The van der Waals surface area contributed by atoms with Gasteiger partial charge in [-0.05, 0) is 41.8 Å². The van der Waals surface area contributed by atoms with Crippen molar-refractivity contribution in [3.8, 4) is 17.2 Å². The molecule has 188 valence electrons. The SMILES string of the molecule is COc1ccc(CCN(C)C(=O)CC(c2ccccc2OC)c2cn(C)c3ccccc23)cc1OC. The van der Waals surface area contributed by atoms with Crippen LogP contribution in [0.4, 0.5) is 0 Å². The average Bonchev–Trinajstić information content (AvgIpc) is 3.26. The maximum absolute atomic E-state index is 13.5. The molecule has 1 amide bonds. The number of methoxy groups -OCH3 is 3. The molecular weight excluding hydrogens is 452 g/mol. The minimum Gasteiger partial charge on any atom is -0.496 e. The smallest absolute Gasteiger partial charge is 0.223 e. The molecule has 0 N–H and O–H groups in total. The van der Waals surface area contributed by atoms with Crippen LogP contribution in [0.5, 0.6) is 17.2 Å². The normalized spacial score (nSPS) is 11.8. The summed E-state index contributed by atoms with van der Waals surface area (Å²) < 4.78 is 18.6. The molecule has 6 heteroatoms. The molecule has 0 fully saturated rings. The fraction of sp³-hybridized carbons (Fsp3) is 0.300. The molecule has 0 saturated heterocycles. The average molecular weight is 487 g/mol. The Morgan fingerprint density at radius 3 is 2.31 bits per heavy atom. The molecule has 3 aromatic carbocycles. The van der Waals surface area contributed by atoms with E-state index in [1.54, 1.807) is 21.3 Å². The maximum Gasteiger partial charge on any atom is 0.223 e. The Labute approximate surface area is 213 Å². The van der Waals surface area contributed by atoms with Crippen molar-refractivity contribution in [3.63, 3.8) is 0 Å². The second-order valence-corrected chi connectivity index (χ2v) is 8.97. The third kappa shape index (κ3) is 5.18. The largest absolute Gasteiger partial charge is 0.496 e. The minimum atomic E-state index is -0.136. The van der Waals surface area contributed by atoms with E-state index >= 15 is 0 Å². The van der Waals surface area contributed by atoms with Gasteiger partial charge in [0.1, 0.15) is 5.75 Å². The lowest BCUT2D eigenvalue weighted by Gasteiger charge is -2.23. The third-order valence-electron chi connectivity index (χ3n) is 6.81. The first-order valence-corrected chi connectivity index (χ1v) is 12.1. The van der Waals surface area contributed by atoms with Crippen molar-refractivity contribution in [1.82, 2.24) is 9.47 Å². The number of benzene rings is 3. The first-order valence-electron chi connectivity index (χ1n) is 12.1. The van der Waals surface area contributed by atoms with Crippen LogP contribution in [0.2, 0.25) is 0 Å². The number of para-hydroxylation sites is 2. The van der Waals surface area contributed by atoms with Crippen molar-refractivity contribution < 1.29 is 19.0 Å². The number of hydrogen-bond donors (Lipinski definition) is 0. The summed E-state index contributed by atoms with van der Waals surface area (Å²) in [5.41, 5.74) is 4.36. The van der Waals surface area contributed by atoms with Crippen LogP contribution in [0.1, 0.15) is 29.0 Å². The van der Waals surface area contributed by atoms with Crippen molar-refractivity contribution in [3.05, 3.63) is 89.6 Å². The molecule has 0 aliphatic heterocycles. The van der Waals surface area contributed by atoms with Crippen molar-refractivity contribution in [1.29, 1.82) is 0 Å². The fourth-order valence-corrected chi connectivity index (χ4v) is 4.78. The number of rotatable bonds is 10. The summed E-state index contributed by atoms with van der Waals surface area (Å²) in [5, 5.41) is 1.15. The second kappa shape index (κ2) is 11.2. The van der Waals surface area contributed by atoms with E-state index in [0.717, 1.165) is 39.8 Å². The quantitative estimate of drug-likeness (QED) is 0.300. The molecule has 0 aliphatic carbocycles. The Balaban J connectivity index is 1.59. The van der Waals surface area contributed by atoms with Crippen molar-refractivity contribution in [2.75, 3.05) is 34.9 Å². The van der Waals surface area contributed by atoms with Gasteiger partial charge in [-0.25, -0.2) is 0 Å². The van der Waals surface area contributed by atoms with E-state index in [4.69, 9.17) is 14.2 Å². The molecule has 1 aromatic heterocycles. The highest BCUT2D eigenvalue weighted by Crippen LogP contribution is 2.38. The van der Waals surface area contributed by atoms with Crippen LogP contribution in [0.15, 0.2) is 72.9 Å². The Bertz CT molecular complexity index is 1340. The van der Waals surface area contributed by atoms with Crippen molar-refractivity contribution in [2.24, 2.45) is 7.05 Å². The molecule has 0 spiro atoms. The van der Waals surface area contributed by atoms with Gasteiger partial charge < -0.3 is 23.7 Å². The van der Waals surface area contributed by atoms with Gasteiger partial charge in [0, 0.05) is 55.6 Å². The number of aromatic nitrogens is 1. The molecule has 0 saturated carbocycles. The number of amides is 1. The zero-order valence-electron chi connectivity index (χ0n) is 21.7. The third-order valence-corrected chi connectivity index (χ3v) is 6.81. The molecule has 4 rings (SSSR count). The predicted molar refractivity (Wildman–Crippen MR) is 143 cm³/mol. The van der Waals surface area contributed by atoms with Gasteiger partial charge in [-0.3, -0.25) is 4.79 Å². The standard InChI is InChI=1S/C30H34N2O4/c1-31(17-16-21-14-15-28(35-4)29(18-21)36-5)30(33)19-24(23-11-7-9-13-27(23)34-3)25-20-32(2)26-12-8-6-10-22(25)26/h6-15,18,20,24H,16-17,19H2,1-5H3. The van der Waals surface area contributed by atoms with Gasteiger partial charge in [0.05, 0.1) is 21.3 Å². The van der Waals surface area contributed by atoms with Gasteiger partial charge in [-0.1, -0.05) is 42.5 Å². The lowest BCUT2D eigenvalue weighted by Crippen LogP contribution is -2.30. The van der Waals surface area contributed by atoms with Crippen molar-refractivity contribution >= 4 is 16.8 Å². The van der Waals surface area contributed by atoms with Crippen LogP contribution < -0.4 is 14.2 Å². The molecule has 4 aromatic rings. The summed E-state index contributed by atoms with van der Waals surface area (Å²) in [7, 11) is 8.84. The van der Waals surface area contributed by atoms with Crippen molar-refractivity contribution in [2.45, 2.75) is 18.8 Å². The molecular formula is C30H34N2O4. The number of fused-ring (bicyclic) bond motifs is 1. The topological polar surface area (TPSA) is 52.9 Å². The zero-order valence-corrected chi connectivity index (χ0v) is 21.7. The fourth-order valence-electron chi connectivity index (χ4n) is 4.78. The number of carbonyl (C=O) groups excluding carboxylic acids is 1. The predicted octanol–water partition coefficient (Wildman–Crippen LogP) is 5.43. The molecule has 1 unspecified atom stereocenters. The Morgan fingerprint density at radius 2 is 1.56 bits per heavy atom. The van der Waals surface area contributed by atoms with Crippen LogP contribution in [0, 0.1) is 0 Å². The second-order valence-electron chi connectivity index (χ2n) is 8.97. The monoisotopic (exact) mass is 486 g/mol. The number of ether oxygens (including phenoxy) is 3. The van der Waals surface area contributed by atoms with E-state index in [0.29, 0.717) is 24.5 Å². The van der Waals surface area contributed by atoms with Gasteiger partial charge in [-0.2, -0.15) is 0 Å². The molecule has 1 atom stereocenters. The van der Waals surface area contributed by atoms with Gasteiger partial charge in [0.15, 0.2) is 11.5 Å². The summed E-state index contributed by atoms with van der Waals surface area (Å²) in [4.78, 5) is 15.3. The van der Waals surface area contributed by atoms with E-state index in [1.165, 1.54) is 0 Å². The number of hydrogen-bond acceptors (Lipinski definition) is 4. The maximum atomic E-state index is 13.5. The van der Waals surface area contributed by atoms with Gasteiger partial charge in [0.2, 0.25) is 5.91 Å². The van der Waals surface area contributed by atoms with Gasteiger partial charge in [0.25, 0.3) is 0 Å². The summed E-state index contributed by atoms with van der Waals surface area (Å²) in [5.74, 6) is 2.12. The number of aryl methyl sites for hydroxylation is 1. The van der Waals surface area contributed by atoms with Crippen LogP contribution >= 0.6 is 0 Å². The summed E-state index contributed by atoms with van der Waals surface area (Å²) >= 11 is 0. The molecule has 36 heavy (non-hydrogen) atoms. The summed E-state index contributed by atoms with van der Waals surface area (Å²) in [6, 6.07) is 22.2. The van der Waals surface area contributed by atoms with E-state index in [1.807, 2.05) is 67.5 Å². The number of carbonyl (C=O) groups is 1. The zero-order chi connectivity index (χ0) is 25.7. The molecule has 0 aliphatic rings. The molecule has 6 nitrogen and oxygen atoms in total. The van der Waals surface area contributed by atoms with Crippen LogP contribution in [0.25, 0.3) is 10.9 Å². The molecule has 1 heterocycles. The van der Waals surface area contributed by atoms with Crippen LogP contribution in [-0.4, -0.2) is 50.3 Å². The van der Waals surface area contributed by atoms with Crippen LogP contribution in [0.3, 0.4) is 0 Å². The van der Waals surface area contributed by atoms with E-state index in [9.17, 15) is 4.79 Å². The molecule has 0 radical (unpaired) electrons. The van der Waals surface area contributed by atoms with Gasteiger partial charge in [-0.15, -0.1) is 0 Å². The van der Waals surface area contributed by atoms with Crippen LogP contribution in [-0.2, 0) is 18.3 Å². The van der Waals surface area contributed by atoms with E-state index < -0.39 is 0 Å². The Hall–Kier alpha value is -3.93. The highest BCUT2D eigenvalue weighted by atomic mass is 16.5. The van der Waals surface area contributed by atoms with Gasteiger partial charge >= 0.3 is 0 Å².